The third kappa shape index (κ3) is 6.27. The van der Waals surface area contributed by atoms with Gasteiger partial charge in [0.05, 0.1) is 26.0 Å². The number of aryl methyl sites for hydroxylation is 1. The van der Waals surface area contributed by atoms with E-state index in [9.17, 15) is 9.59 Å². The normalized spacial score (nSPS) is 20.8. The minimum Gasteiger partial charge on any atom is -0.490 e. The van der Waals surface area contributed by atoms with E-state index in [1.54, 1.807) is 23.4 Å². The van der Waals surface area contributed by atoms with E-state index in [0.717, 1.165) is 43.5 Å². The molecule has 0 bridgehead atoms. The number of halogens is 1. The van der Waals surface area contributed by atoms with Crippen molar-refractivity contribution >= 4 is 23.4 Å². The van der Waals surface area contributed by atoms with Gasteiger partial charge in [0.15, 0.2) is 0 Å². The van der Waals surface area contributed by atoms with Crippen LogP contribution in [0.4, 0.5) is 0 Å². The Morgan fingerprint density at radius 2 is 1.94 bits per heavy atom. The third-order valence-corrected chi connectivity index (χ3v) is 6.92. The summed E-state index contributed by atoms with van der Waals surface area (Å²) in [6.45, 7) is 4.78. The molecule has 0 radical (unpaired) electrons. The number of carbonyl (C=O) groups is 2. The summed E-state index contributed by atoms with van der Waals surface area (Å²) in [5, 5.41) is 0.670. The summed E-state index contributed by atoms with van der Waals surface area (Å²) in [6.07, 6.45) is 7.04. The van der Waals surface area contributed by atoms with Crippen LogP contribution in [0.25, 0.3) is 0 Å². The molecule has 2 fully saturated rings. The first-order chi connectivity index (χ1) is 16.4. The summed E-state index contributed by atoms with van der Waals surface area (Å²) in [7, 11) is 0. The Morgan fingerprint density at radius 1 is 1.12 bits per heavy atom. The van der Waals surface area contributed by atoms with Gasteiger partial charge in [-0.1, -0.05) is 17.7 Å². The zero-order valence-corrected chi connectivity index (χ0v) is 20.4. The Hall–Kier alpha value is -2.64. The van der Waals surface area contributed by atoms with Crippen molar-refractivity contribution in [3.05, 3.63) is 58.9 Å². The van der Waals surface area contributed by atoms with E-state index in [1.807, 2.05) is 36.1 Å². The van der Waals surface area contributed by atoms with Crippen LogP contribution in [0.2, 0.25) is 5.02 Å². The maximum absolute atomic E-state index is 13.2. The lowest BCUT2D eigenvalue weighted by atomic mass is 9.95. The van der Waals surface area contributed by atoms with Crippen molar-refractivity contribution in [3.63, 3.8) is 0 Å². The summed E-state index contributed by atoms with van der Waals surface area (Å²) in [5.74, 6) is 0.708. The van der Waals surface area contributed by atoms with Gasteiger partial charge in [-0.25, -0.2) is 0 Å². The number of benzene rings is 1. The van der Waals surface area contributed by atoms with Crippen molar-refractivity contribution in [1.29, 1.82) is 0 Å². The van der Waals surface area contributed by atoms with Crippen LogP contribution in [0, 0.1) is 6.92 Å². The molecule has 3 heterocycles. The fourth-order valence-electron chi connectivity index (χ4n) is 4.54. The van der Waals surface area contributed by atoms with E-state index in [4.69, 9.17) is 21.1 Å². The van der Waals surface area contributed by atoms with Crippen LogP contribution in [-0.2, 0) is 20.7 Å². The molecule has 0 aliphatic carbocycles. The molecule has 4 rings (SSSR count). The molecule has 2 saturated heterocycles. The number of likely N-dealkylation sites (tertiary alicyclic amines) is 1. The first-order valence-electron chi connectivity index (χ1n) is 11.9. The van der Waals surface area contributed by atoms with Gasteiger partial charge in [-0.05, 0) is 61.6 Å². The summed E-state index contributed by atoms with van der Waals surface area (Å²) >= 11 is 6.15. The molecule has 8 heteroatoms. The lowest BCUT2D eigenvalue weighted by molar-refractivity contribution is -0.166. The average molecular weight is 486 g/mol. The molecule has 2 aromatic rings. The Kier molecular flexibility index (Phi) is 8.06. The smallest absolute Gasteiger partial charge is 0.227 e. The van der Waals surface area contributed by atoms with Crippen LogP contribution in [-0.4, -0.2) is 71.6 Å². The third-order valence-electron chi connectivity index (χ3n) is 6.49. The highest BCUT2D eigenvalue weighted by atomic mass is 35.5. The summed E-state index contributed by atoms with van der Waals surface area (Å²) < 4.78 is 12.3. The number of piperidine rings is 1. The van der Waals surface area contributed by atoms with Gasteiger partial charge >= 0.3 is 0 Å². The second-order valence-electron chi connectivity index (χ2n) is 9.20. The fraction of sp³-hybridized carbons (Fsp3) is 0.500. The van der Waals surface area contributed by atoms with Crippen molar-refractivity contribution in [2.45, 2.75) is 44.6 Å². The monoisotopic (exact) mass is 485 g/mol. The van der Waals surface area contributed by atoms with Gasteiger partial charge in [-0.15, -0.1) is 0 Å². The molecule has 182 valence electrons. The average Bonchev–Trinajstić information content (AvgIpc) is 2.86. The number of ether oxygens (including phenoxy) is 2. The number of hydrogen-bond acceptors (Lipinski definition) is 5. The SMILES string of the molecule is Cc1cc(OCC2(CC(=O)N3CCCCC3)CN(C(=O)Cc3cccnc3)CCO2)ccc1Cl. The van der Waals surface area contributed by atoms with Gasteiger partial charge in [0.2, 0.25) is 11.8 Å². The van der Waals surface area contributed by atoms with Gasteiger partial charge in [0.1, 0.15) is 18.0 Å². The van der Waals surface area contributed by atoms with Crippen LogP contribution in [0.3, 0.4) is 0 Å². The number of carbonyl (C=O) groups excluding carboxylic acids is 2. The second-order valence-corrected chi connectivity index (χ2v) is 9.61. The highest BCUT2D eigenvalue weighted by Gasteiger charge is 2.42. The molecule has 0 saturated carbocycles. The maximum Gasteiger partial charge on any atom is 0.227 e. The predicted octanol–water partition coefficient (Wildman–Crippen LogP) is 3.67. The number of pyridine rings is 1. The van der Waals surface area contributed by atoms with Gasteiger partial charge in [-0.3, -0.25) is 14.6 Å². The molecular weight excluding hydrogens is 454 g/mol. The number of rotatable bonds is 7. The summed E-state index contributed by atoms with van der Waals surface area (Å²) in [6, 6.07) is 9.19. The standard InChI is InChI=1S/C26H32ClN3O4/c1-20-14-22(7-8-23(20)27)33-19-26(16-25(32)29-10-3-2-4-11-29)18-30(12-13-34-26)24(31)15-21-6-5-9-28-17-21/h5-9,14,17H,2-4,10-13,15-16,18-19H2,1H3. The Bertz CT molecular complexity index is 997. The first kappa shape index (κ1) is 24.5. The van der Waals surface area contributed by atoms with Crippen molar-refractivity contribution in [3.8, 4) is 5.75 Å². The van der Waals surface area contributed by atoms with E-state index in [2.05, 4.69) is 4.98 Å². The van der Waals surface area contributed by atoms with Gasteiger partial charge < -0.3 is 19.3 Å². The van der Waals surface area contributed by atoms with Gasteiger partial charge in [-0.2, -0.15) is 0 Å². The molecule has 34 heavy (non-hydrogen) atoms. The van der Waals surface area contributed by atoms with Crippen LogP contribution in [0.5, 0.6) is 5.75 Å². The molecule has 0 N–H and O–H groups in total. The Labute approximate surface area is 206 Å². The number of hydrogen-bond donors (Lipinski definition) is 0. The Morgan fingerprint density at radius 3 is 2.68 bits per heavy atom. The van der Waals surface area contributed by atoms with Gasteiger partial charge in [0.25, 0.3) is 0 Å². The van der Waals surface area contributed by atoms with E-state index in [0.29, 0.717) is 30.5 Å². The molecule has 2 amide bonds. The van der Waals surface area contributed by atoms with Gasteiger partial charge in [0, 0.05) is 37.1 Å². The molecule has 2 aliphatic rings. The number of aromatic nitrogens is 1. The Balaban J connectivity index is 1.49. The molecule has 1 aromatic heterocycles. The molecule has 2 aliphatic heterocycles. The van der Waals surface area contributed by atoms with E-state index in [-0.39, 0.29) is 31.3 Å². The van der Waals surface area contributed by atoms with E-state index >= 15 is 0 Å². The highest BCUT2D eigenvalue weighted by molar-refractivity contribution is 6.31. The summed E-state index contributed by atoms with van der Waals surface area (Å²) in [4.78, 5) is 34.1. The zero-order valence-electron chi connectivity index (χ0n) is 19.7. The minimum absolute atomic E-state index is 0.00608. The van der Waals surface area contributed by atoms with Crippen LogP contribution in [0.1, 0.15) is 36.8 Å². The zero-order chi connectivity index (χ0) is 24.0. The summed E-state index contributed by atoms with van der Waals surface area (Å²) in [5.41, 5.74) is 0.864. The highest BCUT2D eigenvalue weighted by Crippen LogP contribution is 2.28. The minimum atomic E-state index is -0.912. The maximum atomic E-state index is 13.2. The molecule has 1 atom stereocenters. The molecule has 1 unspecified atom stereocenters. The van der Waals surface area contributed by atoms with Crippen molar-refractivity contribution in [1.82, 2.24) is 14.8 Å². The van der Waals surface area contributed by atoms with Crippen LogP contribution in [0.15, 0.2) is 42.7 Å². The molecular formula is C26H32ClN3O4. The molecule has 1 aromatic carbocycles. The van der Waals surface area contributed by atoms with E-state index in [1.165, 1.54) is 0 Å². The van der Waals surface area contributed by atoms with Crippen molar-refractivity contribution < 1.29 is 19.1 Å². The number of morpholine rings is 1. The fourth-order valence-corrected chi connectivity index (χ4v) is 4.66. The largest absolute Gasteiger partial charge is 0.490 e. The number of nitrogens with zero attached hydrogens (tertiary/aromatic N) is 3. The van der Waals surface area contributed by atoms with E-state index < -0.39 is 5.60 Å². The lowest BCUT2D eigenvalue weighted by Crippen LogP contribution is -2.58. The van der Waals surface area contributed by atoms with Crippen LogP contribution < -0.4 is 4.74 Å². The second kappa shape index (κ2) is 11.2. The topological polar surface area (TPSA) is 72.0 Å². The molecule has 0 spiro atoms. The quantitative estimate of drug-likeness (QED) is 0.598. The van der Waals surface area contributed by atoms with Crippen molar-refractivity contribution in [2.75, 3.05) is 39.4 Å². The first-order valence-corrected chi connectivity index (χ1v) is 12.3. The van der Waals surface area contributed by atoms with Crippen molar-refractivity contribution in [2.24, 2.45) is 0 Å². The number of amides is 2. The molecule has 7 nitrogen and oxygen atoms in total. The predicted molar refractivity (Wildman–Crippen MR) is 130 cm³/mol. The van der Waals surface area contributed by atoms with Crippen LogP contribution >= 0.6 is 11.6 Å². The lowest BCUT2D eigenvalue weighted by Gasteiger charge is -2.43.